The Morgan fingerprint density at radius 1 is 0.944 bits per heavy atom. The Bertz CT molecular complexity index is 1300. The molecule has 1 heterocycles. The molecule has 0 radical (unpaired) electrons. The molecular weight excluding hydrogens is 514 g/mol. The highest BCUT2D eigenvalue weighted by Gasteiger charge is 2.36. The maximum Gasteiger partial charge on any atom is 0.243 e. The van der Waals surface area contributed by atoms with Gasteiger partial charge < -0.3 is 9.64 Å². The van der Waals surface area contributed by atoms with E-state index in [4.69, 9.17) is 4.74 Å². The average molecular weight is 545 g/mol. The van der Waals surface area contributed by atoms with Gasteiger partial charge in [-0.1, -0.05) is 13.8 Å². The highest BCUT2D eigenvalue weighted by molar-refractivity contribution is 7.90. The lowest BCUT2D eigenvalue weighted by molar-refractivity contribution is -0.142. The second-order valence-electron chi connectivity index (χ2n) is 9.35. The molecule has 8 nitrogen and oxygen atoms in total. The van der Waals surface area contributed by atoms with Crippen LogP contribution in [0.15, 0.2) is 52.3 Å². The fourth-order valence-corrected chi connectivity index (χ4v) is 6.02. The lowest BCUT2D eigenvalue weighted by Crippen LogP contribution is -2.53. The van der Waals surface area contributed by atoms with Crippen molar-refractivity contribution >= 4 is 25.8 Å². The third kappa shape index (κ3) is 6.60. The van der Waals surface area contributed by atoms with Crippen molar-refractivity contribution < 1.29 is 35.1 Å². The van der Waals surface area contributed by atoms with Gasteiger partial charge in [0, 0.05) is 43.9 Å². The molecule has 1 saturated heterocycles. The quantitative estimate of drug-likeness (QED) is 0.450. The van der Waals surface area contributed by atoms with Crippen LogP contribution in [0.3, 0.4) is 0 Å². The predicted octanol–water partition coefficient (Wildman–Crippen LogP) is 3.09. The van der Waals surface area contributed by atoms with Gasteiger partial charge in [-0.3, -0.25) is 4.79 Å². The van der Waals surface area contributed by atoms with Gasteiger partial charge in [0.15, 0.2) is 21.4 Å². The zero-order valence-corrected chi connectivity index (χ0v) is 22.0. The number of carbonyl (C=O) groups excluding carboxylic acids is 1. The molecule has 2 aromatic carbocycles. The lowest BCUT2D eigenvalue weighted by Gasteiger charge is -2.38. The van der Waals surface area contributed by atoms with Crippen molar-refractivity contribution in [2.75, 3.05) is 39.0 Å². The van der Waals surface area contributed by atoms with E-state index < -0.39 is 36.9 Å². The van der Waals surface area contributed by atoms with Crippen LogP contribution in [0.2, 0.25) is 0 Å². The number of benzene rings is 2. The van der Waals surface area contributed by atoms with E-state index in [1.54, 1.807) is 18.7 Å². The van der Waals surface area contributed by atoms with Gasteiger partial charge in [0.05, 0.1) is 16.4 Å². The summed E-state index contributed by atoms with van der Waals surface area (Å²) in [6.45, 7) is 4.42. The van der Waals surface area contributed by atoms with Crippen LogP contribution < -0.4 is 4.74 Å². The number of piperazine rings is 1. The summed E-state index contributed by atoms with van der Waals surface area (Å²) in [6, 6.07) is 8.13. The Balaban J connectivity index is 1.52. The number of sulfone groups is 1. The molecule has 0 spiro atoms. The molecule has 0 atom stereocenters. The SMILES string of the molecule is CC(C)(CCCOc1ccc(F)cc1F)C(=O)N1CCN(S(=O)(=O)c2ccc(S(C)(=O)=O)cc2)CC1. The number of nitrogens with zero attached hydrogens (tertiary/aromatic N) is 2. The van der Waals surface area contributed by atoms with Crippen LogP contribution in [0.25, 0.3) is 0 Å². The minimum absolute atomic E-state index is 0.00685. The summed E-state index contributed by atoms with van der Waals surface area (Å²) in [5.74, 6) is -1.65. The van der Waals surface area contributed by atoms with E-state index in [0.717, 1.165) is 18.4 Å². The lowest BCUT2D eigenvalue weighted by atomic mass is 9.86. The van der Waals surface area contributed by atoms with E-state index in [1.165, 1.54) is 34.6 Å². The molecule has 1 aliphatic rings. The first-order valence-electron chi connectivity index (χ1n) is 11.4. The first-order valence-corrected chi connectivity index (χ1v) is 14.7. The van der Waals surface area contributed by atoms with Crippen molar-refractivity contribution in [1.29, 1.82) is 0 Å². The second kappa shape index (κ2) is 10.8. The van der Waals surface area contributed by atoms with Gasteiger partial charge in [-0.15, -0.1) is 0 Å². The van der Waals surface area contributed by atoms with Gasteiger partial charge >= 0.3 is 0 Å². The molecular formula is C24H30F2N2O6S2. The summed E-state index contributed by atoms with van der Waals surface area (Å²) in [5.41, 5.74) is -0.743. The fourth-order valence-electron chi connectivity index (χ4n) is 3.96. The molecule has 0 saturated carbocycles. The van der Waals surface area contributed by atoms with Gasteiger partial charge in [-0.2, -0.15) is 4.31 Å². The van der Waals surface area contributed by atoms with Crippen molar-refractivity contribution in [2.45, 2.75) is 36.5 Å². The summed E-state index contributed by atoms with van der Waals surface area (Å²) in [5, 5.41) is 0. The van der Waals surface area contributed by atoms with Gasteiger partial charge in [0.25, 0.3) is 0 Å². The van der Waals surface area contributed by atoms with Crippen molar-refractivity contribution in [3.63, 3.8) is 0 Å². The number of halogens is 2. The monoisotopic (exact) mass is 544 g/mol. The molecule has 0 aromatic heterocycles. The number of hydrogen-bond donors (Lipinski definition) is 0. The van der Waals surface area contributed by atoms with Gasteiger partial charge in [-0.25, -0.2) is 25.6 Å². The molecule has 1 aliphatic heterocycles. The van der Waals surface area contributed by atoms with E-state index in [9.17, 15) is 30.4 Å². The topological polar surface area (TPSA) is 101 Å². The second-order valence-corrected chi connectivity index (χ2v) is 13.3. The minimum atomic E-state index is -3.83. The molecule has 198 valence electrons. The molecule has 2 aromatic rings. The van der Waals surface area contributed by atoms with E-state index in [0.29, 0.717) is 12.8 Å². The summed E-state index contributed by atoms with van der Waals surface area (Å²) in [7, 11) is -7.27. The van der Waals surface area contributed by atoms with Crippen LogP contribution in [0.5, 0.6) is 5.75 Å². The number of rotatable bonds is 9. The zero-order valence-electron chi connectivity index (χ0n) is 20.4. The Morgan fingerprint density at radius 3 is 2.08 bits per heavy atom. The molecule has 3 rings (SSSR count). The number of hydrogen-bond acceptors (Lipinski definition) is 6. The number of ether oxygens (including phenoxy) is 1. The largest absolute Gasteiger partial charge is 0.491 e. The van der Waals surface area contributed by atoms with Crippen molar-refractivity contribution in [3.8, 4) is 5.75 Å². The van der Waals surface area contributed by atoms with Gasteiger partial charge in [0.1, 0.15) is 5.82 Å². The summed E-state index contributed by atoms with van der Waals surface area (Å²) >= 11 is 0. The first-order chi connectivity index (χ1) is 16.7. The first kappa shape index (κ1) is 28.0. The number of sulfonamides is 1. The molecule has 1 amide bonds. The van der Waals surface area contributed by atoms with Crippen LogP contribution in [-0.2, 0) is 24.7 Å². The van der Waals surface area contributed by atoms with Crippen LogP contribution in [0.1, 0.15) is 26.7 Å². The summed E-state index contributed by atoms with van der Waals surface area (Å²) in [4.78, 5) is 14.7. The van der Waals surface area contributed by atoms with Crippen LogP contribution in [0, 0.1) is 17.0 Å². The van der Waals surface area contributed by atoms with E-state index in [-0.39, 0.29) is 54.2 Å². The molecule has 36 heavy (non-hydrogen) atoms. The Hall–Kier alpha value is -2.57. The third-order valence-corrected chi connectivity index (χ3v) is 9.13. The molecule has 1 fully saturated rings. The molecule has 0 unspecified atom stereocenters. The van der Waals surface area contributed by atoms with Crippen molar-refractivity contribution in [1.82, 2.24) is 9.21 Å². The van der Waals surface area contributed by atoms with E-state index >= 15 is 0 Å². The number of carbonyl (C=O) groups is 1. The Morgan fingerprint density at radius 2 is 1.53 bits per heavy atom. The summed E-state index contributed by atoms with van der Waals surface area (Å²) in [6.07, 6.45) is 1.97. The van der Waals surface area contributed by atoms with Crippen LogP contribution >= 0.6 is 0 Å². The average Bonchev–Trinajstić information content (AvgIpc) is 2.82. The smallest absolute Gasteiger partial charge is 0.243 e. The fraction of sp³-hybridized carbons (Fsp3) is 0.458. The zero-order chi connectivity index (χ0) is 26.7. The highest BCUT2D eigenvalue weighted by atomic mass is 32.2. The van der Waals surface area contributed by atoms with Crippen LogP contribution in [0.4, 0.5) is 8.78 Å². The standard InChI is InChI=1S/C24H30F2N2O6S2/c1-24(2,11-4-16-34-22-10-5-18(25)17-21(22)26)23(29)27-12-14-28(15-13-27)36(32,33)20-8-6-19(7-9-20)35(3,30)31/h5-10,17H,4,11-16H2,1-3H3. The molecule has 0 bridgehead atoms. The van der Waals surface area contributed by atoms with E-state index in [2.05, 4.69) is 0 Å². The minimum Gasteiger partial charge on any atom is -0.491 e. The Labute approximate surface area is 210 Å². The molecule has 0 aliphatic carbocycles. The van der Waals surface area contributed by atoms with Gasteiger partial charge in [0.2, 0.25) is 15.9 Å². The Kier molecular flexibility index (Phi) is 8.41. The summed E-state index contributed by atoms with van der Waals surface area (Å²) < 4.78 is 82.5. The third-order valence-electron chi connectivity index (χ3n) is 6.09. The van der Waals surface area contributed by atoms with E-state index in [1.807, 2.05) is 0 Å². The van der Waals surface area contributed by atoms with Crippen LogP contribution in [-0.4, -0.2) is 71.0 Å². The predicted molar refractivity (Wildman–Crippen MR) is 130 cm³/mol. The van der Waals surface area contributed by atoms with Crippen molar-refractivity contribution in [2.24, 2.45) is 5.41 Å². The highest BCUT2D eigenvalue weighted by Crippen LogP contribution is 2.28. The molecule has 0 N–H and O–H groups in total. The van der Waals surface area contributed by atoms with Gasteiger partial charge in [-0.05, 0) is 49.2 Å². The maximum absolute atomic E-state index is 13.7. The number of amides is 1. The normalized spacial score (nSPS) is 15.6. The van der Waals surface area contributed by atoms with Crippen molar-refractivity contribution in [3.05, 3.63) is 54.1 Å². The molecule has 12 heteroatoms. The maximum atomic E-state index is 13.7.